The third-order valence-electron chi connectivity index (χ3n) is 5.36. The van der Waals surface area contributed by atoms with E-state index in [0.29, 0.717) is 13.0 Å². The summed E-state index contributed by atoms with van der Waals surface area (Å²) >= 11 is 0. The number of likely N-dealkylation sites (N-methyl/N-ethyl adjacent to an activating group) is 1. The summed E-state index contributed by atoms with van der Waals surface area (Å²) in [6.45, 7) is 2.34. The molecule has 1 saturated heterocycles. The molecule has 0 unspecified atom stereocenters. The van der Waals surface area contributed by atoms with Crippen LogP contribution in [0.1, 0.15) is 11.1 Å². The predicted molar refractivity (Wildman–Crippen MR) is 112 cm³/mol. The molecule has 7 nitrogen and oxygen atoms in total. The van der Waals surface area contributed by atoms with Crippen molar-refractivity contribution in [2.45, 2.75) is 29.5 Å². The molecule has 2 aromatic rings. The molecule has 0 radical (unpaired) electrons. The number of benzene rings is 1. The number of ether oxygens (including phenoxy) is 1. The minimum Gasteiger partial charge on any atom is -0.495 e. The molecule has 1 aromatic carbocycles. The highest BCUT2D eigenvalue weighted by molar-refractivity contribution is 7.96. The van der Waals surface area contributed by atoms with Gasteiger partial charge in [-0.2, -0.15) is 0 Å². The smallest absolute Gasteiger partial charge is 0.187 e. The van der Waals surface area contributed by atoms with Gasteiger partial charge in [-0.05, 0) is 55.8 Å². The molecule has 0 bridgehead atoms. The van der Waals surface area contributed by atoms with Crippen molar-refractivity contribution >= 4 is 19.7 Å². The summed E-state index contributed by atoms with van der Waals surface area (Å²) in [7, 11) is -4.18. The molecule has 0 N–H and O–H groups in total. The van der Waals surface area contributed by atoms with Crippen molar-refractivity contribution in [3.05, 3.63) is 53.9 Å². The highest BCUT2D eigenvalue weighted by Crippen LogP contribution is 2.33. The first-order valence-corrected chi connectivity index (χ1v) is 12.7. The van der Waals surface area contributed by atoms with Crippen LogP contribution < -0.4 is 4.74 Å². The normalized spacial score (nSPS) is 21.4. The summed E-state index contributed by atoms with van der Waals surface area (Å²) in [6.07, 6.45) is 4.08. The van der Waals surface area contributed by atoms with Crippen LogP contribution in [0.15, 0.2) is 47.6 Å². The third-order valence-corrected chi connectivity index (χ3v) is 9.50. The van der Waals surface area contributed by atoms with Gasteiger partial charge >= 0.3 is 0 Å². The Morgan fingerprint density at radius 3 is 2.52 bits per heavy atom. The Morgan fingerprint density at radius 2 is 1.86 bits per heavy atom. The second-order valence-corrected chi connectivity index (χ2v) is 11.8. The van der Waals surface area contributed by atoms with Crippen LogP contribution in [0.5, 0.6) is 5.75 Å². The molecule has 2 atom stereocenters. The Bertz CT molecular complexity index is 1070. The molecule has 0 spiro atoms. The maximum absolute atomic E-state index is 13.5. The summed E-state index contributed by atoms with van der Waals surface area (Å²) in [5, 5.41) is -1.04. The predicted octanol–water partition coefficient (Wildman–Crippen LogP) is 1.51. The first-order valence-electron chi connectivity index (χ1n) is 9.32. The van der Waals surface area contributed by atoms with Crippen molar-refractivity contribution < 1.29 is 21.6 Å². The number of nitrogens with zero attached hydrogens (tertiary/aromatic N) is 2. The average Bonchev–Trinajstić information content (AvgIpc) is 3.03. The number of aromatic nitrogens is 1. The monoisotopic (exact) mass is 438 g/mol. The number of methoxy groups -OCH3 is 1. The number of hydrogen-bond donors (Lipinski definition) is 0. The SMILES string of the molecule is COc1ccc(C)cc1S(=O)(=O)[C@@H]1CS(=O)(=O)C[C@H]1N(C)CCc1ccncc1. The molecule has 0 aliphatic carbocycles. The van der Waals surface area contributed by atoms with Crippen LogP contribution in [0.25, 0.3) is 0 Å². The molecule has 29 heavy (non-hydrogen) atoms. The van der Waals surface area contributed by atoms with Gasteiger partial charge in [0.05, 0.1) is 23.9 Å². The molecule has 0 amide bonds. The lowest BCUT2D eigenvalue weighted by atomic mass is 10.1. The summed E-state index contributed by atoms with van der Waals surface area (Å²) in [5.41, 5.74) is 1.83. The van der Waals surface area contributed by atoms with Gasteiger partial charge in [-0.15, -0.1) is 0 Å². The zero-order chi connectivity index (χ0) is 21.2. The van der Waals surface area contributed by atoms with E-state index >= 15 is 0 Å². The average molecular weight is 439 g/mol. The minimum atomic E-state index is -3.91. The Morgan fingerprint density at radius 1 is 1.17 bits per heavy atom. The molecule has 1 aromatic heterocycles. The van der Waals surface area contributed by atoms with Crippen molar-refractivity contribution in [3.63, 3.8) is 0 Å². The largest absolute Gasteiger partial charge is 0.495 e. The van der Waals surface area contributed by atoms with E-state index < -0.39 is 31.0 Å². The van der Waals surface area contributed by atoms with E-state index in [1.807, 2.05) is 17.0 Å². The van der Waals surface area contributed by atoms with E-state index in [1.165, 1.54) is 7.11 Å². The second-order valence-electron chi connectivity index (χ2n) is 7.47. The van der Waals surface area contributed by atoms with E-state index in [4.69, 9.17) is 4.74 Å². The molecular weight excluding hydrogens is 412 g/mol. The minimum absolute atomic E-state index is 0.0506. The first kappa shape index (κ1) is 21.7. The molecule has 9 heteroatoms. The molecule has 3 rings (SSSR count). The van der Waals surface area contributed by atoms with Crippen LogP contribution in [0.3, 0.4) is 0 Å². The van der Waals surface area contributed by atoms with Crippen molar-refractivity contribution in [2.24, 2.45) is 0 Å². The zero-order valence-electron chi connectivity index (χ0n) is 16.8. The van der Waals surface area contributed by atoms with Crippen LogP contribution in [-0.4, -0.2) is 70.2 Å². The van der Waals surface area contributed by atoms with Gasteiger partial charge in [-0.1, -0.05) is 6.07 Å². The number of sulfone groups is 2. The highest BCUT2D eigenvalue weighted by Gasteiger charge is 2.48. The number of aryl methyl sites for hydroxylation is 1. The molecule has 1 aliphatic heterocycles. The number of rotatable bonds is 7. The van der Waals surface area contributed by atoms with Crippen LogP contribution >= 0.6 is 0 Å². The standard InChI is InChI=1S/C20H26N2O5S2/c1-15-4-5-18(27-3)19(12-15)29(25,26)20-14-28(23,24)13-17(20)22(2)11-8-16-6-9-21-10-7-16/h4-7,9-10,12,17,20H,8,11,13-14H2,1-3H3/t17-,20-/m1/s1. The maximum atomic E-state index is 13.5. The Labute approximate surface area is 172 Å². The molecule has 158 valence electrons. The van der Waals surface area contributed by atoms with Gasteiger partial charge in [-0.3, -0.25) is 4.98 Å². The van der Waals surface area contributed by atoms with Crippen molar-refractivity contribution in [2.75, 3.05) is 32.2 Å². The quantitative estimate of drug-likeness (QED) is 0.647. The van der Waals surface area contributed by atoms with E-state index in [1.54, 1.807) is 44.6 Å². The molecule has 1 aliphatic rings. The number of pyridine rings is 1. The van der Waals surface area contributed by atoms with Crippen LogP contribution in [-0.2, 0) is 26.1 Å². The third kappa shape index (κ3) is 4.79. The van der Waals surface area contributed by atoms with E-state index in [9.17, 15) is 16.8 Å². The van der Waals surface area contributed by atoms with E-state index in [0.717, 1.165) is 11.1 Å². The van der Waals surface area contributed by atoms with Gasteiger partial charge in [-0.25, -0.2) is 16.8 Å². The van der Waals surface area contributed by atoms with E-state index in [-0.39, 0.29) is 22.2 Å². The summed E-state index contributed by atoms with van der Waals surface area (Å²) in [4.78, 5) is 5.88. The van der Waals surface area contributed by atoms with Gasteiger partial charge in [0.15, 0.2) is 19.7 Å². The molecular formula is C20H26N2O5S2. The fourth-order valence-corrected chi connectivity index (χ4v) is 8.85. The Kier molecular flexibility index (Phi) is 6.30. The lowest BCUT2D eigenvalue weighted by Crippen LogP contribution is -2.45. The maximum Gasteiger partial charge on any atom is 0.187 e. The zero-order valence-corrected chi connectivity index (χ0v) is 18.4. The highest BCUT2D eigenvalue weighted by atomic mass is 32.2. The topological polar surface area (TPSA) is 93.6 Å². The van der Waals surface area contributed by atoms with E-state index in [2.05, 4.69) is 4.98 Å². The van der Waals surface area contributed by atoms with Gasteiger partial charge in [0.1, 0.15) is 10.6 Å². The Balaban J connectivity index is 1.90. The summed E-state index contributed by atoms with van der Waals surface area (Å²) < 4.78 is 57.0. The van der Waals surface area contributed by atoms with Crippen molar-refractivity contribution in [3.8, 4) is 5.75 Å². The summed E-state index contributed by atoms with van der Waals surface area (Å²) in [5.74, 6) is -0.313. The fourth-order valence-electron chi connectivity index (χ4n) is 3.69. The summed E-state index contributed by atoms with van der Waals surface area (Å²) in [6, 6.07) is 8.09. The first-order chi connectivity index (χ1) is 13.6. The van der Waals surface area contributed by atoms with Crippen LogP contribution in [0, 0.1) is 6.92 Å². The van der Waals surface area contributed by atoms with Gasteiger partial charge in [0, 0.05) is 25.0 Å². The molecule has 0 saturated carbocycles. The second kappa shape index (κ2) is 8.41. The number of hydrogen-bond acceptors (Lipinski definition) is 7. The van der Waals surface area contributed by atoms with Gasteiger partial charge < -0.3 is 9.64 Å². The lowest BCUT2D eigenvalue weighted by molar-refractivity contribution is 0.266. The molecule has 1 fully saturated rings. The lowest BCUT2D eigenvalue weighted by Gasteiger charge is -2.28. The fraction of sp³-hybridized carbons (Fsp3) is 0.450. The van der Waals surface area contributed by atoms with Crippen molar-refractivity contribution in [1.82, 2.24) is 9.88 Å². The molecule has 2 heterocycles. The van der Waals surface area contributed by atoms with Crippen LogP contribution in [0.2, 0.25) is 0 Å². The Hall–Kier alpha value is -1.97. The van der Waals surface area contributed by atoms with Crippen molar-refractivity contribution in [1.29, 1.82) is 0 Å². The van der Waals surface area contributed by atoms with Gasteiger partial charge in [0.2, 0.25) is 0 Å². The van der Waals surface area contributed by atoms with Gasteiger partial charge in [0.25, 0.3) is 0 Å². The van der Waals surface area contributed by atoms with Crippen LogP contribution in [0.4, 0.5) is 0 Å².